The molecule has 0 bridgehead atoms. The van der Waals surface area contributed by atoms with Gasteiger partial charge in [-0.05, 0) is 48.4 Å². The summed E-state index contributed by atoms with van der Waals surface area (Å²) in [5.41, 5.74) is 5.70. The molecule has 3 atom stereocenters. The van der Waals surface area contributed by atoms with Gasteiger partial charge in [0, 0.05) is 41.1 Å². The first-order chi connectivity index (χ1) is 14.8. The smallest absolute Gasteiger partial charge is 0.159 e. The Morgan fingerprint density at radius 1 is 1.00 bits per heavy atom. The number of hydrogen-bond acceptors (Lipinski definition) is 5. The molecular weight excluding hydrogens is 372 g/mol. The molecule has 0 aliphatic heterocycles. The van der Waals surface area contributed by atoms with Gasteiger partial charge < -0.3 is 4.52 Å². The van der Waals surface area contributed by atoms with Crippen molar-refractivity contribution in [1.29, 1.82) is 0 Å². The third-order valence-corrected chi connectivity index (χ3v) is 7.03. The molecule has 0 amide bonds. The van der Waals surface area contributed by atoms with Gasteiger partial charge in [0.05, 0.1) is 11.9 Å². The molecule has 2 aliphatic carbocycles. The summed E-state index contributed by atoms with van der Waals surface area (Å²) >= 11 is 0. The molecule has 0 fully saturated rings. The van der Waals surface area contributed by atoms with Gasteiger partial charge >= 0.3 is 0 Å². The van der Waals surface area contributed by atoms with E-state index >= 15 is 0 Å². The molecule has 5 nitrogen and oxygen atoms in total. The fourth-order valence-corrected chi connectivity index (χ4v) is 5.69. The van der Waals surface area contributed by atoms with E-state index in [-0.39, 0.29) is 11.3 Å². The molecule has 0 saturated carbocycles. The maximum atomic E-state index is 5.69. The summed E-state index contributed by atoms with van der Waals surface area (Å²) in [6, 6.07) is 14.8. The van der Waals surface area contributed by atoms with Crippen molar-refractivity contribution in [2.75, 3.05) is 0 Å². The van der Waals surface area contributed by atoms with Gasteiger partial charge in [-0.2, -0.15) is 0 Å². The Morgan fingerprint density at radius 3 is 2.67 bits per heavy atom. The zero-order chi connectivity index (χ0) is 20.1. The maximum Gasteiger partial charge on any atom is 0.159 e. The van der Waals surface area contributed by atoms with E-state index in [4.69, 9.17) is 14.5 Å². The fourth-order valence-electron chi connectivity index (χ4n) is 5.69. The van der Waals surface area contributed by atoms with E-state index in [1.807, 2.05) is 24.5 Å². The minimum absolute atomic E-state index is 0.211. The van der Waals surface area contributed by atoms with Crippen LogP contribution in [0.5, 0.6) is 0 Å². The molecule has 6 rings (SSSR count). The number of fused-ring (bicyclic) bond motifs is 4. The normalized spacial score (nSPS) is 24.6. The lowest BCUT2D eigenvalue weighted by Crippen LogP contribution is -2.48. The molecule has 0 radical (unpaired) electrons. The Balaban J connectivity index is 1.63. The topological polar surface area (TPSA) is 64.7 Å². The van der Waals surface area contributed by atoms with Crippen LogP contribution in [-0.4, -0.2) is 20.1 Å². The van der Waals surface area contributed by atoms with E-state index in [2.05, 4.69) is 47.4 Å². The second-order valence-electron chi connectivity index (χ2n) is 8.47. The highest BCUT2D eigenvalue weighted by molar-refractivity contribution is 5.56. The Bertz CT molecular complexity index is 1200. The number of hydrogen-bond donors (Lipinski definition) is 0. The van der Waals surface area contributed by atoms with Crippen LogP contribution in [-0.2, 0) is 18.3 Å². The highest BCUT2D eigenvalue weighted by Crippen LogP contribution is 2.56. The van der Waals surface area contributed by atoms with Crippen LogP contribution in [0.2, 0.25) is 0 Å². The summed E-state index contributed by atoms with van der Waals surface area (Å²) in [4.78, 5) is 14.1. The molecule has 3 heterocycles. The lowest BCUT2D eigenvalue weighted by molar-refractivity contribution is 0.189. The van der Waals surface area contributed by atoms with E-state index in [0.29, 0.717) is 5.92 Å². The molecular formula is C25H22N4O. The molecule has 3 aromatic heterocycles. The summed E-state index contributed by atoms with van der Waals surface area (Å²) < 4.78 is 5.69. The van der Waals surface area contributed by atoms with Crippen molar-refractivity contribution in [3.05, 3.63) is 95.4 Å². The molecule has 0 spiro atoms. The van der Waals surface area contributed by atoms with Crippen molar-refractivity contribution in [2.45, 2.75) is 37.5 Å². The largest absolute Gasteiger partial charge is 0.361 e. The van der Waals surface area contributed by atoms with Gasteiger partial charge in [0.2, 0.25) is 0 Å². The lowest BCUT2D eigenvalue weighted by Gasteiger charge is -2.49. The Labute approximate surface area is 175 Å². The number of pyridine rings is 1. The standard InChI is InChI=1S/C25H22N4O/c1-16-21-8-7-18-14-27-24(17-9-11-26-12-10-17)29-23(18)25(21,20-5-3-2-4-6-20)13-19-15-28-30-22(16)19/h2-6,9-12,14-16,21H,7-8,13H2,1H3/t16-,21-,25?/m0/s1. The molecule has 0 N–H and O–H groups in total. The first-order valence-corrected chi connectivity index (χ1v) is 10.5. The molecule has 1 unspecified atom stereocenters. The van der Waals surface area contributed by atoms with Gasteiger partial charge in [0.25, 0.3) is 0 Å². The van der Waals surface area contributed by atoms with Crippen molar-refractivity contribution in [1.82, 2.24) is 20.1 Å². The summed E-state index contributed by atoms with van der Waals surface area (Å²) in [6.07, 6.45) is 10.4. The van der Waals surface area contributed by atoms with Crippen molar-refractivity contribution in [3.63, 3.8) is 0 Å². The number of aryl methyl sites for hydroxylation is 1. The van der Waals surface area contributed by atoms with E-state index in [1.54, 1.807) is 12.4 Å². The maximum absolute atomic E-state index is 5.69. The van der Waals surface area contributed by atoms with Crippen LogP contribution in [0.15, 0.2) is 71.8 Å². The quantitative estimate of drug-likeness (QED) is 0.492. The van der Waals surface area contributed by atoms with E-state index < -0.39 is 0 Å². The SMILES string of the molecule is C[C@@H]1c2oncc2CC2(c3ccccc3)c3nc(-c4ccncc4)ncc3CC[C@@H]12. The van der Waals surface area contributed by atoms with Crippen LogP contribution < -0.4 is 0 Å². The Hall–Kier alpha value is -3.34. The molecule has 0 saturated heterocycles. The van der Waals surface area contributed by atoms with Crippen LogP contribution in [0.1, 0.15) is 47.4 Å². The minimum Gasteiger partial charge on any atom is -0.361 e. The van der Waals surface area contributed by atoms with Crippen molar-refractivity contribution in [2.24, 2.45) is 5.92 Å². The first-order valence-electron chi connectivity index (χ1n) is 10.5. The number of nitrogens with zero attached hydrogens (tertiary/aromatic N) is 4. The van der Waals surface area contributed by atoms with E-state index in [1.165, 1.54) is 16.7 Å². The average Bonchev–Trinajstić information content (AvgIpc) is 3.28. The first kappa shape index (κ1) is 17.5. The molecule has 1 aromatic carbocycles. The zero-order valence-electron chi connectivity index (χ0n) is 16.8. The molecule has 4 aromatic rings. The van der Waals surface area contributed by atoms with E-state index in [0.717, 1.165) is 42.1 Å². The highest BCUT2D eigenvalue weighted by Gasteiger charge is 2.53. The van der Waals surface area contributed by atoms with Gasteiger partial charge in [-0.15, -0.1) is 0 Å². The van der Waals surface area contributed by atoms with Crippen molar-refractivity contribution >= 4 is 0 Å². The Morgan fingerprint density at radius 2 is 1.83 bits per heavy atom. The van der Waals surface area contributed by atoms with Crippen molar-refractivity contribution in [3.8, 4) is 11.4 Å². The van der Waals surface area contributed by atoms with Gasteiger partial charge in [-0.1, -0.05) is 42.4 Å². The van der Waals surface area contributed by atoms with Crippen molar-refractivity contribution < 1.29 is 4.52 Å². The molecule has 148 valence electrons. The minimum atomic E-state index is -0.211. The second-order valence-corrected chi connectivity index (χ2v) is 8.47. The average molecular weight is 394 g/mol. The summed E-state index contributed by atoms with van der Waals surface area (Å²) in [6.45, 7) is 2.28. The Kier molecular flexibility index (Phi) is 3.85. The van der Waals surface area contributed by atoms with Gasteiger partial charge in [0.1, 0.15) is 5.76 Å². The predicted octanol–water partition coefficient (Wildman–Crippen LogP) is 4.73. The zero-order valence-corrected chi connectivity index (χ0v) is 16.8. The van der Waals surface area contributed by atoms with Gasteiger partial charge in [-0.3, -0.25) is 4.98 Å². The van der Waals surface area contributed by atoms with Crippen LogP contribution in [0.3, 0.4) is 0 Å². The van der Waals surface area contributed by atoms with Crippen LogP contribution in [0, 0.1) is 5.92 Å². The number of rotatable bonds is 2. The summed E-state index contributed by atoms with van der Waals surface area (Å²) in [7, 11) is 0. The lowest BCUT2D eigenvalue weighted by atomic mass is 9.53. The third-order valence-electron chi connectivity index (χ3n) is 7.03. The summed E-state index contributed by atoms with van der Waals surface area (Å²) in [5, 5.41) is 4.14. The number of benzene rings is 1. The summed E-state index contributed by atoms with van der Waals surface area (Å²) in [5.74, 6) is 2.48. The van der Waals surface area contributed by atoms with Crippen LogP contribution >= 0.6 is 0 Å². The second kappa shape index (κ2) is 6.59. The van der Waals surface area contributed by atoms with E-state index in [9.17, 15) is 0 Å². The highest BCUT2D eigenvalue weighted by atomic mass is 16.5. The molecule has 30 heavy (non-hydrogen) atoms. The van der Waals surface area contributed by atoms with Crippen LogP contribution in [0.4, 0.5) is 0 Å². The molecule has 2 aliphatic rings. The van der Waals surface area contributed by atoms with Crippen LogP contribution in [0.25, 0.3) is 11.4 Å². The fraction of sp³-hybridized carbons (Fsp3) is 0.280. The third kappa shape index (κ3) is 2.41. The van der Waals surface area contributed by atoms with Gasteiger partial charge in [-0.25, -0.2) is 9.97 Å². The monoisotopic (exact) mass is 394 g/mol. The number of aromatic nitrogens is 4. The van der Waals surface area contributed by atoms with Gasteiger partial charge in [0.15, 0.2) is 5.82 Å². The molecule has 5 heteroatoms. The predicted molar refractivity (Wildman–Crippen MR) is 113 cm³/mol.